The van der Waals surface area contributed by atoms with Crippen LogP contribution in [0, 0.1) is 0 Å². The summed E-state index contributed by atoms with van der Waals surface area (Å²) in [6.07, 6.45) is 5.01. The van der Waals surface area contributed by atoms with E-state index in [1.807, 2.05) is 6.07 Å². The fraction of sp³-hybridized carbons (Fsp3) is 0. The Labute approximate surface area is 205 Å². The summed E-state index contributed by atoms with van der Waals surface area (Å²) in [4.78, 5) is 18.0. The van der Waals surface area contributed by atoms with Crippen molar-refractivity contribution in [2.45, 2.75) is 0 Å². The van der Waals surface area contributed by atoms with Crippen molar-refractivity contribution in [3.05, 3.63) is 110 Å². The topological polar surface area (TPSA) is 61.4 Å². The molecule has 0 amide bonds. The van der Waals surface area contributed by atoms with Crippen LogP contribution in [-0.4, -0.2) is 29.1 Å². The second-order valence-corrected chi connectivity index (χ2v) is 8.89. The molecular weight excluding hydrogens is 444 g/mol. The molecule has 0 saturated heterocycles. The van der Waals surface area contributed by atoms with Crippen molar-refractivity contribution in [3.8, 4) is 11.6 Å². The third kappa shape index (κ3) is 2.61. The summed E-state index contributed by atoms with van der Waals surface area (Å²) < 4.78 is 4.48. The molecule has 0 atom stereocenters. The van der Waals surface area contributed by atoms with Crippen LogP contribution in [0.2, 0.25) is 0 Å². The quantitative estimate of drug-likeness (QED) is 0.290. The smallest absolute Gasteiger partial charge is 0.235 e. The number of fused-ring (bicyclic) bond motifs is 7. The SMILES string of the molecule is c1ccc(-n2c3ccccc3c3cc4c5ccccc5n(-c5ncc6ncncc6n5)c4cc32)cc1. The van der Waals surface area contributed by atoms with Gasteiger partial charge in [-0.1, -0.05) is 54.6 Å². The Morgan fingerprint density at radius 3 is 1.94 bits per heavy atom. The van der Waals surface area contributed by atoms with E-state index in [1.165, 1.54) is 33.4 Å². The van der Waals surface area contributed by atoms with Gasteiger partial charge in [0, 0.05) is 27.2 Å². The molecule has 4 aromatic heterocycles. The second-order valence-electron chi connectivity index (χ2n) is 8.89. The fourth-order valence-electron chi connectivity index (χ4n) is 5.38. The van der Waals surface area contributed by atoms with E-state index in [2.05, 4.69) is 104 Å². The van der Waals surface area contributed by atoms with E-state index >= 15 is 0 Å². The van der Waals surface area contributed by atoms with Gasteiger partial charge in [0.25, 0.3) is 0 Å². The average molecular weight is 463 g/mol. The molecule has 8 aromatic rings. The molecule has 4 heterocycles. The fourth-order valence-corrected chi connectivity index (χ4v) is 5.38. The molecule has 0 aliphatic carbocycles. The molecule has 36 heavy (non-hydrogen) atoms. The number of hydrogen-bond donors (Lipinski definition) is 0. The molecule has 0 fully saturated rings. The van der Waals surface area contributed by atoms with Gasteiger partial charge in [-0.05, 0) is 36.4 Å². The summed E-state index contributed by atoms with van der Waals surface area (Å²) in [5.74, 6) is 0.602. The Balaban J connectivity index is 1.55. The third-order valence-corrected chi connectivity index (χ3v) is 6.93. The van der Waals surface area contributed by atoms with Crippen LogP contribution in [0.25, 0.3) is 66.3 Å². The van der Waals surface area contributed by atoms with Crippen LogP contribution in [0.4, 0.5) is 0 Å². The Kier molecular flexibility index (Phi) is 3.85. The monoisotopic (exact) mass is 462 g/mol. The molecule has 8 rings (SSSR count). The largest absolute Gasteiger partial charge is 0.309 e. The second kappa shape index (κ2) is 7.20. The molecule has 0 bridgehead atoms. The van der Waals surface area contributed by atoms with Crippen LogP contribution in [0.1, 0.15) is 0 Å². The highest BCUT2D eigenvalue weighted by atomic mass is 15.2. The lowest BCUT2D eigenvalue weighted by molar-refractivity contribution is 1.00. The van der Waals surface area contributed by atoms with Crippen molar-refractivity contribution < 1.29 is 0 Å². The maximum absolute atomic E-state index is 4.84. The van der Waals surface area contributed by atoms with Gasteiger partial charge < -0.3 is 4.57 Å². The third-order valence-electron chi connectivity index (χ3n) is 6.93. The number of hydrogen-bond acceptors (Lipinski definition) is 4. The average Bonchev–Trinajstić information content (AvgIpc) is 3.44. The van der Waals surface area contributed by atoms with Crippen LogP contribution >= 0.6 is 0 Å². The van der Waals surface area contributed by atoms with Crippen molar-refractivity contribution in [1.82, 2.24) is 29.1 Å². The summed E-state index contributed by atoms with van der Waals surface area (Å²) in [6, 6.07) is 32.1. The molecule has 0 spiro atoms. The number of rotatable bonds is 2. The first-order valence-corrected chi connectivity index (χ1v) is 11.8. The number of benzene rings is 4. The Morgan fingerprint density at radius 2 is 1.17 bits per heavy atom. The lowest BCUT2D eigenvalue weighted by Crippen LogP contribution is -2.02. The van der Waals surface area contributed by atoms with E-state index < -0.39 is 0 Å². The van der Waals surface area contributed by atoms with E-state index in [1.54, 1.807) is 12.4 Å². The first-order valence-electron chi connectivity index (χ1n) is 11.8. The maximum Gasteiger partial charge on any atom is 0.235 e. The van der Waals surface area contributed by atoms with Crippen LogP contribution in [0.3, 0.4) is 0 Å². The van der Waals surface area contributed by atoms with Crippen molar-refractivity contribution in [2.24, 2.45) is 0 Å². The molecule has 0 aliphatic rings. The highest BCUT2D eigenvalue weighted by molar-refractivity contribution is 6.19. The minimum atomic E-state index is 0.602. The molecule has 4 aromatic carbocycles. The van der Waals surface area contributed by atoms with Gasteiger partial charge in [-0.2, -0.15) is 0 Å². The zero-order valence-corrected chi connectivity index (χ0v) is 19.1. The van der Waals surface area contributed by atoms with Gasteiger partial charge >= 0.3 is 0 Å². The normalized spacial score (nSPS) is 11.9. The summed E-state index contributed by atoms with van der Waals surface area (Å²) in [7, 11) is 0. The zero-order chi connectivity index (χ0) is 23.6. The zero-order valence-electron chi connectivity index (χ0n) is 19.1. The van der Waals surface area contributed by atoms with Crippen LogP contribution < -0.4 is 0 Å². The Hall–Kier alpha value is -5.10. The molecule has 168 valence electrons. The molecule has 0 N–H and O–H groups in total. The standard InChI is InChI=1S/C30H18N6/c1-2-8-19(9-3-1)35-26-12-6-4-10-20(26)22-14-23-21-11-5-7-13-27(21)36(29(23)15-28(22)35)30-32-17-24-25(34-30)16-31-18-33-24/h1-18H. The van der Waals surface area contributed by atoms with Gasteiger partial charge in [-0.15, -0.1) is 0 Å². The molecule has 0 aliphatic heterocycles. The minimum Gasteiger partial charge on any atom is -0.309 e. The minimum absolute atomic E-state index is 0.602. The van der Waals surface area contributed by atoms with Crippen LogP contribution in [0.15, 0.2) is 110 Å². The van der Waals surface area contributed by atoms with Crippen LogP contribution in [0.5, 0.6) is 0 Å². The number of para-hydroxylation sites is 3. The molecule has 6 nitrogen and oxygen atoms in total. The Bertz CT molecular complexity index is 2100. The van der Waals surface area contributed by atoms with Gasteiger partial charge in [-0.3, -0.25) is 4.57 Å². The summed E-state index contributed by atoms with van der Waals surface area (Å²) in [5, 5.41) is 4.79. The van der Waals surface area contributed by atoms with Crippen molar-refractivity contribution in [3.63, 3.8) is 0 Å². The van der Waals surface area contributed by atoms with Gasteiger partial charge in [-0.25, -0.2) is 19.9 Å². The molecular formula is C30H18N6. The van der Waals surface area contributed by atoms with Gasteiger partial charge in [0.2, 0.25) is 5.95 Å². The molecule has 0 saturated carbocycles. The predicted molar refractivity (Wildman–Crippen MR) is 144 cm³/mol. The first-order chi connectivity index (χ1) is 17.9. The van der Waals surface area contributed by atoms with E-state index in [0.29, 0.717) is 11.5 Å². The summed E-state index contributed by atoms with van der Waals surface area (Å²) >= 11 is 0. The Morgan fingerprint density at radius 1 is 0.500 bits per heavy atom. The van der Waals surface area contributed by atoms with E-state index in [4.69, 9.17) is 9.97 Å². The van der Waals surface area contributed by atoms with Gasteiger partial charge in [0.1, 0.15) is 17.4 Å². The predicted octanol–water partition coefficient (Wildman–Crippen LogP) is 6.61. The molecule has 6 heteroatoms. The van der Waals surface area contributed by atoms with E-state index in [-0.39, 0.29) is 0 Å². The lowest BCUT2D eigenvalue weighted by atomic mass is 10.1. The number of nitrogens with zero attached hydrogens (tertiary/aromatic N) is 6. The molecule has 0 radical (unpaired) electrons. The van der Waals surface area contributed by atoms with Crippen molar-refractivity contribution >= 4 is 54.6 Å². The summed E-state index contributed by atoms with van der Waals surface area (Å²) in [5.41, 5.74) is 7.01. The van der Waals surface area contributed by atoms with Gasteiger partial charge in [0.15, 0.2) is 0 Å². The number of aromatic nitrogens is 6. The highest BCUT2D eigenvalue weighted by Gasteiger charge is 2.19. The lowest BCUT2D eigenvalue weighted by Gasteiger charge is -2.09. The van der Waals surface area contributed by atoms with Crippen LogP contribution in [-0.2, 0) is 0 Å². The van der Waals surface area contributed by atoms with Crippen molar-refractivity contribution in [1.29, 1.82) is 0 Å². The first kappa shape index (κ1) is 19.2. The maximum atomic E-state index is 4.84. The van der Waals surface area contributed by atoms with E-state index in [9.17, 15) is 0 Å². The molecule has 0 unspecified atom stereocenters. The summed E-state index contributed by atoms with van der Waals surface area (Å²) in [6.45, 7) is 0. The van der Waals surface area contributed by atoms with E-state index in [0.717, 1.165) is 27.8 Å². The van der Waals surface area contributed by atoms with Gasteiger partial charge in [0.05, 0.1) is 34.5 Å². The highest BCUT2D eigenvalue weighted by Crippen LogP contribution is 2.39. The van der Waals surface area contributed by atoms with Crippen molar-refractivity contribution in [2.75, 3.05) is 0 Å².